The molecule has 2 amide bonds. The first-order valence-electron chi connectivity index (χ1n) is 8.18. The first-order valence-corrected chi connectivity index (χ1v) is 8.18. The average Bonchev–Trinajstić information content (AvgIpc) is 2.55. The Labute approximate surface area is 138 Å². The molecule has 126 valence electrons. The van der Waals surface area contributed by atoms with Crippen molar-refractivity contribution in [3.05, 3.63) is 35.4 Å². The van der Waals surface area contributed by atoms with E-state index in [2.05, 4.69) is 5.32 Å². The fourth-order valence-electron chi connectivity index (χ4n) is 2.85. The van der Waals surface area contributed by atoms with Crippen molar-refractivity contribution in [2.45, 2.75) is 39.3 Å². The second kappa shape index (κ2) is 8.11. The Hall–Kier alpha value is -1.88. The van der Waals surface area contributed by atoms with Gasteiger partial charge in [-0.3, -0.25) is 9.59 Å². The van der Waals surface area contributed by atoms with E-state index in [0.29, 0.717) is 25.3 Å². The summed E-state index contributed by atoms with van der Waals surface area (Å²) in [6.07, 6.45) is 1.62. The molecule has 1 aliphatic rings. The number of nitrogens with one attached hydrogen (secondary N) is 1. The van der Waals surface area contributed by atoms with Crippen molar-refractivity contribution >= 4 is 11.8 Å². The molecule has 2 rings (SSSR count). The number of nitrogens with zero attached hydrogens (tertiary/aromatic N) is 1. The zero-order valence-electron chi connectivity index (χ0n) is 14.2. The van der Waals surface area contributed by atoms with Crippen LogP contribution >= 0.6 is 0 Å². The van der Waals surface area contributed by atoms with Crippen molar-refractivity contribution in [1.29, 1.82) is 0 Å². The van der Waals surface area contributed by atoms with Crippen LogP contribution in [0.4, 0.5) is 0 Å². The summed E-state index contributed by atoms with van der Waals surface area (Å²) >= 11 is 0. The Kier molecular flexibility index (Phi) is 6.16. The van der Waals surface area contributed by atoms with Crippen molar-refractivity contribution in [3.8, 4) is 0 Å². The lowest BCUT2D eigenvalue weighted by Crippen LogP contribution is -2.47. The minimum atomic E-state index is -0.0587. The third-order valence-corrected chi connectivity index (χ3v) is 4.14. The molecule has 0 spiro atoms. The summed E-state index contributed by atoms with van der Waals surface area (Å²) in [4.78, 5) is 26.2. The average molecular weight is 318 g/mol. The summed E-state index contributed by atoms with van der Waals surface area (Å²) in [6.45, 7) is 5.76. The lowest BCUT2D eigenvalue weighted by molar-refractivity contribution is -0.135. The maximum Gasteiger partial charge on any atom is 0.251 e. The van der Waals surface area contributed by atoms with Crippen LogP contribution < -0.4 is 5.32 Å². The smallest absolute Gasteiger partial charge is 0.251 e. The highest BCUT2D eigenvalue weighted by Crippen LogP contribution is 2.14. The van der Waals surface area contributed by atoms with Gasteiger partial charge in [0.05, 0.1) is 6.61 Å². The van der Waals surface area contributed by atoms with Crippen molar-refractivity contribution in [1.82, 2.24) is 10.2 Å². The summed E-state index contributed by atoms with van der Waals surface area (Å²) in [7, 11) is 1.64. The molecule has 5 nitrogen and oxygen atoms in total. The molecule has 1 fully saturated rings. The van der Waals surface area contributed by atoms with Gasteiger partial charge in [-0.15, -0.1) is 0 Å². The van der Waals surface area contributed by atoms with Crippen LogP contribution in [0.2, 0.25) is 0 Å². The van der Waals surface area contributed by atoms with Gasteiger partial charge in [0.15, 0.2) is 0 Å². The molecule has 1 aromatic carbocycles. The van der Waals surface area contributed by atoms with Crippen LogP contribution in [-0.2, 0) is 16.1 Å². The van der Waals surface area contributed by atoms with E-state index in [1.54, 1.807) is 7.11 Å². The molecule has 1 N–H and O–H groups in total. The molecule has 0 saturated carbocycles. The highest BCUT2D eigenvalue weighted by molar-refractivity contribution is 5.94. The van der Waals surface area contributed by atoms with Crippen LogP contribution in [-0.4, -0.2) is 43.0 Å². The molecular formula is C18H26N2O3. The van der Waals surface area contributed by atoms with Gasteiger partial charge < -0.3 is 15.0 Å². The molecule has 0 bridgehead atoms. The van der Waals surface area contributed by atoms with Gasteiger partial charge in [0.25, 0.3) is 5.91 Å². The maximum atomic E-state index is 12.4. The van der Waals surface area contributed by atoms with Crippen LogP contribution in [0.25, 0.3) is 0 Å². The molecule has 23 heavy (non-hydrogen) atoms. The summed E-state index contributed by atoms with van der Waals surface area (Å²) < 4.78 is 5.10. The van der Waals surface area contributed by atoms with Gasteiger partial charge in [-0.1, -0.05) is 26.0 Å². The predicted octanol–water partition coefficient (Wildman–Crippen LogP) is 2.21. The molecule has 0 radical (unpaired) electrons. The highest BCUT2D eigenvalue weighted by Gasteiger charge is 2.25. The number of piperidine rings is 1. The molecule has 1 aliphatic heterocycles. The number of rotatable bonds is 5. The van der Waals surface area contributed by atoms with E-state index < -0.39 is 0 Å². The van der Waals surface area contributed by atoms with E-state index >= 15 is 0 Å². The topological polar surface area (TPSA) is 58.6 Å². The molecule has 0 aromatic heterocycles. The van der Waals surface area contributed by atoms with Crippen LogP contribution in [0.1, 0.15) is 42.6 Å². The molecule has 0 atom stereocenters. The highest BCUT2D eigenvalue weighted by atomic mass is 16.5. The minimum absolute atomic E-state index is 0.0321. The zero-order chi connectivity index (χ0) is 16.8. The van der Waals surface area contributed by atoms with Gasteiger partial charge >= 0.3 is 0 Å². The Morgan fingerprint density at radius 3 is 2.61 bits per heavy atom. The molecule has 1 aromatic rings. The number of likely N-dealkylation sites (tertiary alicyclic amines) is 1. The predicted molar refractivity (Wildman–Crippen MR) is 89.1 cm³/mol. The van der Waals surface area contributed by atoms with Crippen molar-refractivity contribution in [3.63, 3.8) is 0 Å². The molecule has 0 aliphatic carbocycles. The number of methoxy groups -OCH3 is 1. The van der Waals surface area contributed by atoms with Gasteiger partial charge in [0, 0.05) is 37.7 Å². The Morgan fingerprint density at radius 2 is 2.00 bits per heavy atom. The SMILES string of the molecule is COCc1cccc(C(=O)NC2CCN(C(=O)C(C)C)CC2)c1. The monoisotopic (exact) mass is 318 g/mol. The van der Waals surface area contributed by atoms with Gasteiger partial charge in [-0.25, -0.2) is 0 Å². The van der Waals surface area contributed by atoms with E-state index in [1.807, 2.05) is 43.0 Å². The third-order valence-electron chi connectivity index (χ3n) is 4.14. The lowest BCUT2D eigenvalue weighted by Gasteiger charge is -2.33. The maximum absolute atomic E-state index is 12.4. The van der Waals surface area contributed by atoms with Crippen LogP contribution in [0.5, 0.6) is 0 Å². The van der Waals surface area contributed by atoms with Crippen LogP contribution in [0.15, 0.2) is 24.3 Å². The summed E-state index contributed by atoms with van der Waals surface area (Å²) in [6, 6.07) is 7.61. The zero-order valence-corrected chi connectivity index (χ0v) is 14.2. The minimum Gasteiger partial charge on any atom is -0.380 e. The normalized spacial score (nSPS) is 15.7. The lowest BCUT2D eigenvalue weighted by atomic mass is 10.0. The molecule has 1 saturated heterocycles. The summed E-state index contributed by atoms with van der Waals surface area (Å²) in [5.41, 5.74) is 1.64. The Morgan fingerprint density at radius 1 is 1.30 bits per heavy atom. The number of amides is 2. The number of hydrogen-bond donors (Lipinski definition) is 1. The molecule has 5 heteroatoms. The van der Waals surface area contributed by atoms with Crippen molar-refractivity contribution < 1.29 is 14.3 Å². The van der Waals surface area contributed by atoms with E-state index in [4.69, 9.17) is 4.74 Å². The quantitative estimate of drug-likeness (QED) is 0.905. The fourth-order valence-corrected chi connectivity index (χ4v) is 2.85. The first-order chi connectivity index (χ1) is 11.0. The van der Waals surface area contributed by atoms with Gasteiger partial charge in [0.1, 0.15) is 0 Å². The number of carbonyl (C=O) groups excluding carboxylic acids is 2. The van der Waals surface area contributed by atoms with Gasteiger partial charge in [-0.05, 0) is 30.5 Å². The number of benzene rings is 1. The largest absolute Gasteiger partial charge is 0.380 e. The fraction of sp³-hybridized carbons (Fsp3) is 0.556. The van der Waals surface area contributed by atoms with Crippen molar-refractivity contribution in [2.75, 3.05) is 20.2 Å². The molecule has 1 heterocycles. The molecule has 0 unspecified atom stereocenters. The second-order valence-corrected chi connectivity index (χ2v) is 6.36. The number of hydrogen-bond acceptors (Lipinski definition) is 3. The standard InChI is InChI=1S/C18H26N2O3/c1-13(2)18(22)20-9-7-16(8-10-20)19-17(21)15-6-4-5-14(11-15)12-23-3/h4-6,11,13,16H,7-10,12H2,1-3H3,(H,19,21). The van der Waals surface area contributed by atoms with E-state index in [0.717, 1.165) is 18.4 Å². The van der Waals surface area contributed by atoms with Crippen molar-refractivity contribution in [2.24, 2.45) is 5.92 Å². The Balaban J connectivity index is 1.87. The van der Waals surface area contributed by atoms with Gasteiger partial charge in [-0.2, -0.15) is 0 Å². The van der Waals surface area contributed by atoms with Crippen LogP contribution in [0, 0.1) is 5.92 Å². The molecular weight excluding hydrogens is 292 g/mol. The Bertz CT molecular complexity index is 549. The third kappa shape index (κ3) is 4.79. The first kappa shape index (κ1) is 17.5. The van der Waals surface area contributed by atoms with E-state index in [-0.39, 0.29) is 23.8 Å². The summed E-state index contributed by atoms with van der Waals surface area (Å²) in [5, 5.41) is 3.08. The number of ether oxygens (including phenoxy) is 1. The summed E-state index contributed by atoms with van der Waals surface area (Å²) in [5.74, 6) is 0.170. The number of carbonyl (C=O) groups is 2. The second-order valence-electron chi connectivity index (χ2n) is 6.36. The van der Waals surface area contributed by atoms with E-state index in [1.165, 1.54) is 0 Å². The van der Waals surface area contributed by atoms with E-state index in [9.17, 15) is 9.59 Å². The van der Waals surface area contributed by atoms with Gasteiger partial charge in [0.2, 0.25) is 5.91 Å². The van der Waals surface area contributed by atoms with Crippen LogP contribution in [0.3, 0.4) is 0 Å².